The summed E-state index contributed by atoms with van der Waals surface area (Å²) in [5, 5.41) is 0. The van der Waals surface area contributed by atoms with Crippen LogP contribution in [0.3, 0.4) is 0 Å². The van der Waals surface area contributed by atoms with Crippen molar-refractivity contribution in [1.82, 2.24) is 0 Å². The van der Waals surface area contributed by atoms with Crippen LogP contribution >= 0.6 is 0 Å². The van der Waals surface area contributed by atoms with Crippen LogP contribution in [0.2, 0.25) is 0 Å². The fraction of sp³-hybridized carbons (Fsp3) is 0.269. The van der Waals surface area contributed by atoms with Crippen LogP contribution in [0.15, 0.2) is 66.7 Å². The minimum atomic E-state index is -0.563. The molecule has 0 amide bonds. The van der Waals surface area contributed by atoms with Gasteiger partial charge in [-0.1, -0.05) is 36.4 Å². The third kappa shape index (κ3) is 4.27. The van der Waals surface area contributed by atoms with Gasteiger partial charge in [-0.25, -0.2) is 0 Å². The average Bonchev–Trinajstić information content (AvgIpc) is 3.66. The molecular formula is C26H24O6. The summed E-state index contributed by atoms with van der Waals surface area (Å²) >= 11 is 0. The van der Waals surface area contributed by atoms with Crippen molar-refractivity contribution in [3.8, 4) is 23.0 Å². The Balaban J connectivity index is 1.34. The first-order valence-corrected chi connectivity index (χ1v) is 10.7. The Hall–Kier alpha value is -3.51. The summed E-state index contributed by atoms with van der Waals surface area (Å²) in [7, 11) is 1.59. The molecule has 0 saturated carbocycles. The molecule has 5 rings (SSSR count). The van der Waals surface area contributed by atoms with Crippen LogP contribution in [0.1, 0.15) is 34.0 Å². The van der Waals surface area contributed by atoms with Gasteiger partial charge in [-0.15, -0.1) is 0 Å². The molecule has 2 aliphatic rings. The summed E-state index contributed by atoms with van der Waals surface area (Å²) in [5.41, 5.74) is 2.39. The van der Waals surface area contributed by atoms with E-state index in [0.29, 0.717) is 42.6 Å². The topological polar surface area (TPSA) is 66.5 Å². The zero-order valence-corrected chi connectivity index (χ0v) is 17.8. The Morgan fingerprint density at radius 3 is 2.59 bits per heavy atom. The Bertz CT molecular complexity index is 1110. The lowest BCUT2D eigenvalue weighted by Gasteiger charge is -2.12. The van der Waals surface area contributed by atoms with E-state index in [-0.39, 0.29) is 11.9 Å². The number of carbonyl (C=O) groups excluding carboxylic acids is 1. The summed E-state index contributed by atoms with van der Waals surface area (Å²) in [4.78, 5) is 13.3. The molecule has 0 aromatic heterocycles. The maximum atomic E-state index is 13.3. The predicted octanol–water partition coefficient (Wildman–Crippen LogP) is 4.76. The second-order valence-electron chi connectivity index (χ2n) is 7.73. The van der Waals surface area contributed by atoms with Gasteiger partial charge in [0.2, 0.25) is 0 Å². The zero-order valence-electron chi connectivity index (χ0n) is 17.8. The molecule has 32 heavy (non-hydrogen) atoms. The van der Waals surface area contributed by atoms with Crippen molar-refractivity contribution in [3.63, 3.8) is 0 Å². The Morgan fingerprint density at radius 1 is 0.969 bits per heavy atom. The molecule has 0 bridgehead atoms. The molecule has 2 atom stereocenters. The fourth-order valence-corrected chi connectivity index (χ4v) is 3.76. The van der Waals surface area contributed by atoms with E-state index >= 15 is 0 Å². The van der Waals surface area contributed by atoms with Crippen molar-refractivity contribution in [3.05, 3.63) is 83.4 Å². The number of benzene rings is 3. The van der Waals surface area contributed by atoms with Crippen molar-refractivity contribution in [1.29, 1.82) is 0 Å². The van der Waals surface area contributed by atoms with Gasteiger partial charge in [-0.2, -0.15) is 0 Å². The SMILES string of the molecule is COc1ccc(C(=O)[C@H]2O[C@@H]2c2ccc3c(c2)OCCCO3)c(OCc2ccccc2)c1. The summed E-state index contributed by atoms with van der Waals surface area (Å²) in [6.07, 6.45) is -0.0372. The Labute approximate surface area is 186 Å². The van der Waals surface area contributed by atoms with E-state index in [1.165, 1.54) is 0 Å². The fourth-order valence-electron chi connectivity index (χ4n) is 3.76. The minimum absolute atomic E-state index is 0.118. The van der Waals surface area contributed by atoms with E-state index in [9.17, 15) is 4.79 Å². The number of rotatable bonds is 7. The largest absolute Gasteiger partial charge is 0.497 e. The lowest BCUT2D eigenvalue weighted by Crippen LogP contribution is -2.11. The van der Waals surface area contributed by atoms with Crippen LogP contribution in [0, 0.1) is 0 Å². The van der Waals surface area contributed by atoms with Gasteiger partial charge in [0.15, 0.2) is 23.4 Å². The van der Waals surface area contributed by atoms with Gasteiger partial charge in [-0.05, 0) is 35.4 Å². The molecule has 0 aliphatic carbocycles. The number of methoxy groups -OCH3 is 1. The summed E-state index contributed by atoms with van der Waals surface area (Å²) in [6, 6.07) is 20.7. The maximum Gasteiger partial charge on any atom is 0.198 e. The number of hydrogen-bond acceptors (Lipinski definition) is 6. The van der Waals surface area contributed by atoms with E-state index in [1.54, 1.807) is 25.3 Å². The second kappa shape index (κ2) is 8.93. The number of ketones is 1. The third-order valence-electron chi connectivity index (χ3n) is 5.54. The minimum Gasteiger partial charge on any atom is -0.497 e. The summed E-state index contributed by atoms with van der Waals surface area (Å²) in [5.74, 6) is 2.40. The van der Waals surface area contributed by atoms with Crippen molar-refractivity contribution >= 4 is 5.78 Å². The Morgan fingerprint density at radius 2 is 1.78 bits per heavy atom. The molecule has 2 aliphatic heterocycles. The van der Waals surface area contributed by atoms with Gasteiger partial charge in [0, 0.05) is 12.5 Å². The Kier molecular flexibility index (Phi) is 5.69. The molecule has 0 spiro atoms. The van der Waals surface area contributed by atoms with Gasteiger partial charge < -0.3 is 23.7 Å². The van der Waals surface area contributed by atoms with Crippen LogP contribution < -0.4 is 18.9 Å². The molecule has 6 nitrogen and oxygen atoms in total. The first kappa shape index (κ1) is 20.4. The molecule has 3 aromatic carbocycles. The van der Waals surface area contributed by atoms with Crippen LogP contribution in [0.4, 0.5) is 0 Å². The standard InChI is InChI=1S/C26H24O6/c1-28-19-9-10-20(22(15-19)31-16-17-6-3-2-4-7-17)24(27)26-25(32-26)18-8-11-21-23(14-18)30-13-5-12-29-21/h2-4,6-11,14-15,25-26H,5,12-13,16H2,1H3/t25-,26-/m1/s1. The van der Waals surface area contributed by atoms with Gasteiger partial charge in [0.1, 0.15) is 24.2 Å². The molecule has 6 heteroatoms. The normalized spacial score (nSPS) is 19.0. The quantitative estimate of drug-likeness (QED) is 0.396. The molecule has 0 unspecified atom stereocenters. The van der Waals surface area contributed by atoms with E-state index < -0.39 is 6.10 Å². The highest BCUT2D eigenvalue weighted by molar-refractivity contribution is 6.03. The average molecular weight is 432 g/mol. The lowest BCUT2D eigenvalue weighted by molar-refractivity contribution is 0.0949. The van der Waals surface area contributed by atoms with E-state index in [0.717, 1.165) is 23.3 Å². The highest BCUT2D eigenvalue weighted by atomic mass is 16.6. The predicted molar refractivity (Wildman–Crippen MR) is 118 cm³/mol. The van der Waals surface area contributed by atoms with Gasteiger partial charge >= 0.3 is 0 Å². The number of carbonyl (C=O) groups is 1. The molecule has 0 N–H and O–H groups in total. The van der Waals surface area contributed by atoms with E-state index in [2.05, 4.69) is 0 Å². The smallest absolute Gasteiger partial charge is 0.198 e. The molecule has 164 valence electrons. The molecule has 2 heterocycles. The van der Waals surface area contributed by atoms with E-state index in [1.807, 2.05) is 48.5 Å². The maximum absolute atomic E-state index is 13.3. The zero-order chi connectivity index (χ0) is 21.9. The van der Waals surface area contributed by atoms with Crippen molar-refractivity contribution in [2.45, 2.75) is 25.2 Å². The van der Waals surface area contributed by atoms with Crippen molar-refractivity contribution in [2.24, 2.45) is 0 Å². The number of Topliss-reactive ketones (excluding diaryl/α,β-unsaturated/α-hetero) is 1. The van der Waals surface area contributed by atoms with Gasteiger partial charge in [0.05, 0.1) is 25.9 Å². The van der Waals surface area contributed by atoms with Crippen LogP contribution in [-0.4, -0.2) is 32.2 Å². The van der Waals surface area contributed by atoms with E-state index in [4.69, 9.17) is 23.7 Å². The van der Waals surface area contributed by atoms with Crippen LogP contribution in [0.5, 0.6) is 23.0 Å². The van der Waals surface area contributed by atoms with Crippen molar-refractivity contribution in [2.75, 3.05) is 20.3 Å². The third-order valence-corrected chi connectivity index (χ3v) is 5.54. The van der Waals surface area contributed by atoms with Crippen LogP contribution in [-0.2, 0) is 11.3 Å². The van der Waals surface area contributed by atoms with Gasteiger partial charge in [-0.3, -0.25) is 4.79 Å². The monoisotopic (exact) mass is 432 g/mol. The first-order valence-electron chi connectivity index (χ1n) is 10.7. The highest BCUT2D eigenvalue weighted by Gasteiger charge is 2.47. The number of fused-ring (bicyclic) bond motifs is 1. The number of hydrogen-bond donors (Lipinski definition) is 0. The highest BCUT2D eigenvalue weighted by Crippen LogP contribution is 2.44. The molecular weight excluding hydrogens is 408 g/mol. The molecule has 0 radical (unpaired) electrons. The first-order chi connectivity index (χ1) is 15.7. The summed E-state index contributed by atoms with van der Waals surface area (Å²) < 4.78 is 28.6. The number of ether oxygens (including phenoxy) is 5. The van der Waals surface area contributed by atoms with Gasteiger partial charge in [0.25, 0.3) is 0 Å². The molecule has 1 fully saturated rings. The van der Waals surface area contributed by atoms with Crippen molar-refractivity contribution < 1.29 is 28.5 Å². The number of epoxide rings is 1. The summed E-state index contributed by atoms with van der Waals surface area (Å²) in [6.45, 7) is 1.60. The lowest BCUT2D eigenvalue weighted by atomic mass is 10.0. The molecule has 3 aromatic rings. The molecule has 1 saturated heterocycles. The second-order valence-corrected chi connectivity index (χ2v) is 7.73. The van der Waals surface area contributed by atoms with Crippen LogP contribution in [0.25, 0.3) is 0 Å².